The van der Waals surface area contributed by atoms with Crippen molar-refractivity contribution >= 4 is 11.9 Å². The summed E-state index contributed by atoms with van der Waals surface area (Å²) in [6.07, 6.45) is 1.45. The van der Waals surface area contributed by atoms with Gasteiger partial charge in [0, 0.05) is 22.6 Å². The number of methoxy groups -OCH3 is 1. The third kappa shape index (κ3) is 5.66. The second-order valence-electron chi connectivity index (χ2n) is 7.35. The molecule has 178 valence electrons. The van der Waals surface area contributed by atoms with E-state index >= 15 is 0 Å². The molecule has 0 saturated heterocycles. The number of carbonyl (C=O) groups excluding carboxylic acids is 1. The summed E-state index contributed by atoms with van der Waals surface area (Å²) < 4.78 is 41.6. The van der Waals surface area contributed by atoms with E-state index in [0.29, 0.717) is 34.0 Å². The summed E-state index contributed by atoms with van der Waals surface area (Å²) in [4.78, 5) is 13.2. The number of hydrogen-bond donors (Lipinski definition) is 0. The molecule has 0 bridgehead atoms. The number of aromatic nitrogens is 1. The first-order chi connectivity index (χ1) is 16.8. The molecule has 1 aromatic heterocycles. The van der Waals surface area contributed by atoms with Crippen LogP contribution in [0.15, 0.2) is 54.1 Å². The second kappa shape index (κ2) is 11.0. The Balaban J connectivity index is 1.93. The van der Waals surface area contributed by atoms with Gasteiger partial charge in [0.1, 0.15) is 23.5 Å². The Bertz CT molecular complexity index is 1350. The Morgan fingerprint density at radius 1 is 1.09 bits per heavy atom. The van der Waals surface area contributed by atoms with E-state index in [-0.39, 0.29) is 17.9 Å². The van der Waals surface area contributed by atoms with Crippen LogP contribution in [0.25, 0.3) is 11.8 Å². The number of Topliss-reactive ketones (excluding diaryl/α,β-unsaturated/α-hetero) is 1. The van der Waals surface area contributed by atoms with Gasteiger partial charge >= 0.3 is 6.61 Å². The molecule has 2 aromatic carbocycles. The van der Waals surface area contributed by atoms with Crippen molar-refractivity contribution in [1.29, 1.82) is 10.5 Å². The number of nitrogens with zero attached hydrogens (tertiary/aromatic N) is 3. The van der Waals surface area contributed by atoms with Gasteiger partial charge in [-0.3, -0.25) is 4.79 Å². The minimum Gasteiger partial charge on any atom is -0.493 e. The molecule has 0 radical (unpaired) electrons. The zero-order valence-electron chi connectivity index (χ0n) is 19.2. The third-order valence-electron chi connectivity index (χ3n) is 5.15. The van der Waals surface area contributed by atoms with Crippen molar-refractivity contribution in [3.63, 3.8) is 0 Å². The summed E-state index contributed by atoms with van der Waals surface area (Å²) >= 11 is 0. The van der Waals surface area contributed by atoms with Crippen LogP contribution in [0.3, 0.4) is 0 Å². The Labute approximate surface area is 201 Å². The number of hydrogen-bond acceptors (Lipinski definition) is 6. The van der Waals surface area contributed by atoms with Crippen molar-refractivity contribution in [3.8, 4) is 35.1 Å². The number of allylic oxidation sites excluding steroid dienone is 1. The molecule has 1 heterocycles. The van der Waals surface area contributed by atoms with Crippen LogP contribution in [0.1, 0.15) is 27.3 Å². The molecule has 35 heavy (non-hydrogen) atoms. The summed E-state index contributed by atoms with van der Waals surface area (Å²) in [7, 11) is 1.44. The fraction of sp³-hybridized carbons (Fsp3) is 0.192. The number of carbonyl (C=O) groups is 1. The Hall–Kier alpha value is -4.63. The van der Waals surface area contributed by atoms with Crippen molar-refractivity contribution in [2.75, 3.05) is 13.7 Å². The van der Waals surface area contributed by atoms with Crippen molar-refractivity contribution in [2.45, 2.75) is 20.5 Å². The lowest BCUT2D eigenvalue weighted by atomic mass is 10.0. The smallest absolute Gasteiger partial charge is 0.387 e. The monoisotopic (exact) mass is 477 g/mol. The Morgan fingerprint density at radius 3 is 2.40 bits per heavy atom. The van der Waals surface area contributed by atoms with E-state index in [0.717, 1.165) is 5.69 Å². The van der Waals surface area contributed by atoms with E-state index < -0.39 is 12.4 Å². The molecule has 0 amide bonds. The first kappa shape index (κ1) is 25.0. The summed E-state index contributed by atoms with van der Waals surface area (Å²) in [5.74, 6) is 0.283. The molecule has 3 aromatic rings. The lowest BCUT2D eigenvalue weighted by Crippen LogP contribution is -2.06. The van der Waals surface area contributed by atoms with Crippen LogP contribution in [0.5, 0.6) is 17.2 Å². The van der Waals surface area contributed by atoms with Gasteiger partial charge in [-0.2, -0.15) is 19.3 Å². The molecule has 0 aliphatic heterocycles. The lowest BCUT2D eigenvalue weighted by molar-refractivity contribution is -0.0498. The molecule has 0 spiro atoms. The SMILES string of the molecule is COc1cc(/C=C(\C#N)C(=O)c2cc(C)n(-c3ccc(OC(F)F)cc3)c2C)ccc1OCC#N. The molecule has 3 rings (SSSR count). The van der Waals surface area contributed by atoms with E-state index in [4.69, 9.17) is 14.7 Å². The zero-order valence-corrected chi connectivity index (χ0v) is 19.2. The summed E-state index contributed by atoms with van der Waals surface area (Å²) in [5.41, 5.74) is 2.77. The van der Waals surface area contributed by atoms with E-state index in [9.17, 15) is 18.8 Å². The van der Waals surface area contributed by atoms with Crippen molar-refractivity contribution in [2.24, 2.45) is 0 Å². The van der Waals surface area contributed by atoms with Gasteiger partial charge < -0.3 is 18.8 Å². The van der Waals surface area contributed by atoms with E-state index in [2.05, 4.69) is 4.74 Å². The Kier molecular flexibility index (Phi) is 7.85. The molecule has 9 heteroatoms. The maximum atomic E-state index is 13.2. The van der Waals surface area contributed by atoms with Gasteiger partial charge in [0.05, 0.1) is 7.11 Å². The number of nitriles is 2. The van der Waals surface area contributed by atoms with Crippen LogP contribution in [0.2, 0.25) is 0 Å². The van der Waals surface area contributed by atoms with Gasteiger partial charge in [-0.05, 0) is 68.0 Å². The van der Waals surface area contributed by atoms with Gasteiger partial charge in [-0.1, -0.05) is 6.07 Å². The molecule has 0 unspecified atom stereocenters. The van der Waals surface area contributed by atoms with Gasteiger partial charge in [-0.15, -0.1) is 0 Å². The quantitative estimate of drug-likeness (QED) is 0.233. The maximum Gasteiger partial charge on any atom is 0.387 e. The largest absolute Gasteiger partial charge is 0.493 e. The minimum absolute atomic E-state index is 0.0247. The fourth-order valence-corrected chi connectivity index (χ4v) is 3.63. The molecular formula is C26H21F2N3O4. The fourth-order valence-electron chi connectivity index (χ4n) is 3.63. The van der Waals surface area contributed by atoms with Crippen LogP contribution in [-0.2, 0) is 0 Å². The number of alkyl halides is 2. The van der Waals surface area contributed by atoms with Gasteiger partial charge in [0.2, 0.25) is 5.78 Å². The zero-order chi connectivity index (χ0) is 25.5. The molecule has 0 fully saturated rings. The average molecular weight is 477 g/mol. The number of aryl methyl sites for hydroxylation is 1. The molecule has 0 aliphatic rings. The van der Waals surface area contributed by atoms with E-state index in [1.165, 1.54) is 25.3 Å². The highest BCUT2D eigenvalue weighted by molar-refractivity contribution is 6.14. The average Bonchev–Trinajstić information content (AvgIpc) is 3.14. The van der Waals surface area contributed by atoms with Crippen molar-refractivity contribution in [3.05, 3.63) is 76.6 Å². The van der Waals surface area contributed by atoms with Crippen LogP contribution in [0.4, 0.5) is 8.78 Å². The predicted octanol–water partition coefficient (Wildman–Crippen LogP) is 5.40. The molecule has 0 aliphatic carbocycles. The standard InChI is InChI=1S/C26H21F2N3O4/c1-16-12-22(17(2)31(16)20-5-7-21(8-6-20)35-26(27)28)25(32)19(15-30)13-18-4-9-23(34-11-10-29)24(14-18)33-3/h4-9,12-14,26H,11H2,1-3H3/b19-13+. The number of halogens is 2. The third-order valence-corrected chi connectivity index (χ3v) is 5.15. The first-order valence-electron chi connectivity index (χ1n) is 10.4. The van der Waals surface area contributed by atoms with Crippen molar-refractivity contribution in [1.82, 2.24) is 4.57 Å². The highest BCUT2D eigenvalue weighted by Gasteiger charge is 2.20. The summed E-state index contributed by atoms with van der Waals surface area (Å²) in [5, 5.41) is 18.4. The van der Waals surface area contributed by atoms with Crippen LogP contribution >= 0.6 is 0 Å². The number of benzene rings is 2. The van der Waals surface area contributed by atoms with E-state index in [1.807, 2.05) is 12.1 Å². The van der Waals surface area contributed by atoms with Crippen LogP contribution in [-0.4, -0.2) is 30.7 Å². The molecular weight excluding hydrogens is 456 g/mol. The second-order valence-corrected chi connectivity index (χ2v) is 7.35. The highest BCUT2D eigenvalue weighted by Crippen LogP contribution is 2.30. The van der Waals surface area contributed by atoms with Crippen LogP contribution in [0, 0.1) is 36.5 Å². The predicted molar refractivity (Wildman–Crippen MR) is 124 cm³/mol. The van der Waals surface area contributed by atoms with Crippen LogP contribution < -0.4 is 14.2 Å². The molecule has 0 saturated carbocycles. The molecule has 7 nitrogen and oxygen atoms in total. The van der Waals surface area contributed by atoms with Crippen molar-refractivity contribution < 1.29 is 27.8 Å². The number of rotatable bonds is 9. The van der Waals surface area contributed by atoms with Gasteiger partial charge in [-0.25, -0.2) is 0 Å². The minimum atomic E-state index is -2.92. The molecule has 0 N–H and O–H groups in total. The number of ether oxygens (including phenoxy) is 3. The topological polar surface area (TPSA) is 97.3 Å². The van der Waals surface area contributed by atoms with Gasteiger partial charge in [0.15, 0.2) is 18.1 Å². The highest BCUT2D eigenvalue weighted by atomic mass is 19.3. The normalized spacial score (nSPS) is 11.0. The summed E-state index contributed by atoms with van der Waals surface area (Å²) in [6, 6.07) is 16.4. The molecule has 0 atom stereocenters. The number of ketones is 1. The summed E-state index contributed by atoms with van der Waals surface area (Å²) in [6.45, 7) is 0.472. The van der Waals surface area contributed by atoms with E-state index in [1.54, 1.807) is 54.8 Å². The van der Waals surface area contributed by atoms with Gasteiger partial charge in [0.25, 0.3) is 0 Å². The maximum absolute atomic E-state index is 13.2. The lowest BCUT2D eigenvalue weighted by Gasteiger charge is -2.11. The Morgan fingerprint density at radius 2 is 1.80 bits per heavy atom. The first-order valence-corrected chi connectivity index (χ1v) is 10.4.